The quantitative estimate of drug-likeness (QED) is 0.666. The van der Waals surface area contributed by atoms with Gasteiger partial charge in [-0.2, -0.15) is 0 Å². The molecule has 0 N–H and O–H groups in total. The number of hydrogen-bond acceptors (Lipinski definition) is 3. The molecule has 0 radical (unpaired) electrons. The van der Waals surface area contributed by atoms with E-state index in [1.54, 1.807) is 11.8 Å². The molecule has 0 unspecified atom stereocenters. The molecule has 0 aliphatic carbocycles. The zero-order valence-corrected chi connectivity index (χ0v) is 14.0. The van der Waals surface area contributed by atoms with Gasteiger partial charge in [0.15, 0.2) is 5.78 Å². The molecule has 1 aliphatic rings. The highest BCUT2D eigenvalue weighted by Gasteiger charge is 2.24. The third-order valence-corrected chi connectivity index (χ3v) is 4.31. The highest BCUT2D eigenvalue weighted by atomic mass is 32.2. The maximum absolute atomic E-state index is 12.1. The van der Waals surface area contributed by atoms with Crippen LogP contribution < -0.4 is 0 Å². The van der Waals surface area contributed by atoms with E-state index in [1.165, 1.54) is 17.0 Å². The standard InChI is InChI=1S/C16H27NOS/c1-7-8-9-17-12(2)13(3)19-15(17)10-14(18)11-16(4,5)6/h10H,7-9,11H2,1-6H3/b15-10+. The van der Waals surface area contributed by atoms with Gasteiger partial charge in [-0.3, -0.25) is 4.79 Å². The highest BCUT2D eigenvalue weighted by Crippen LogP contribution is 2.40. The Balaban J connectivity index is 2.79. The topological polar surface area (TPSA) is 20.3 Å². The lowest BCUT2D eigenvalue weighted by Crippen LogP contribution is -2.19. The molecule has 1 heterocycles. The molecule has 0 aromatic heterocycles. The lowest BCUT2D eigenvalue weighted by Gasteiger charge is -2.21. The molecular weight excluding hydrogens is 254 g/mol. The van der Waals surface area contributed by atoms with Crippen LogP contribution in [0.3, 0.4) is 0 Å². The van der Waals surface area contributed by atoms with E-state index in [2.05, 4.69) is 46.4 Å². The van der Waals surface area contributed by atoms with E-state index in [4.69, 9.17) is 0 Å². The summed E-state index contributed by atoms with van der Waals surface area (Å²) in [5.41, 5.74) is 1.36. The number of allylic oxidation sites excluding steroid dienone is 3. The van der Waals surface area contributed by atoms with E-state index in [9.17, 15) is 4.79 Å². The van der Waals surface area contributed by atoms with Gasteiger partial charge in [0.2, 0.25) is 0 Å². The van der Waals surface area contributed by atoms with Gasteiger partial charge in [-0.05, 0) is 25.7 Å². The molecule has 2 nitrogen and oxygen atoms in total. The van der Waals surface area contributed by atoms with Crippen molar-refractivity contribution in [3.8, 4) is 0 Å². The third kappa shape index (κ3) is 5.06. The molecule has 0 aromatic rings. The minimum Gasteiger partial charge on any atom is -0.339 e. The van der Waals surface area contributed by atoms with Gasteiger partial charge in [0, 0.05) is 29.6 Å². The fraction of sp³-hybridized carbons (Fsp3) is 0.688. The summed E-state index contributed by atoms with van der Waals surface area (Å²) in [4.78, 5) is 15.7. The molecule has 1 rings (SSSR count). The third-order valence-electron chi connectivity index (χ3n) is 3.16. The van der Waals surface area contributed by atoms with Crippen molar-refractivity contribution < 1.29 is 4.79 Å². The first-order chi connectivity index (χ1) is 8.74. The summed E-state index contributed by atoms with van der Waals surface area (Å²) in [5, 5.41) is 1.11. The van der Waals surface area contributed by atoms with Crippen molar-refractivity contribution in [2.45, 2.75) is 60.8 Å². The van der Waals surface area contributed by atoms with Gasteiger partial charge in [0.05, 0.1) is 5.03 Å². The Bertz CT molecular complexity index is 401. The monoisotopic (exact) mass is 281 g/mol. The van der Waals surface area contributed by atoms with Crippen LogP contribution in [0.15, 0.2) is 21.7 Å². The fourth-order valence-electron chi connectivity index (χ4n) is 2.05. The summed E-state index contributed by atoms with van der Waals surface area (Å²) in [6.45, 7) is 13.8. The maximum Gasteiger partial charge on any atom is 0.158 e. The smallest absolute Gasteiger partial charge is 0.158 e. The Kier molecular flexibility index (Phi) is 5.72. The first-order valence-electron chi connectivity index (χ1n) is 7.12. The second-order valence-electron chi connectivity index (χ2n) is 6.44. The van der Waals surface area contributed by atoms with Crippen molar-refractivity contribution in [3.05, 3.63) is 21.7 Å². The summed E-state index contributed by atoms with van der Waals surface area (Å²) in [6.07, 6.45) is 4.79. The molecule has 0 saturated heterocycles. The molecule has 19 heavy (non-hydrogen) atoms. The number of hydrogen-bond donors (Lipinski definition) is 0. The second kappa shape index (κ2) is 6.65. The summed E-state index contributed by atoms with van der Waals surface area (Å²) in [5.74, 6) is 0.235. The van der Waals surface area contributed by atoms with Crippen LogP contribution in [-0.4, -0.2) is 17.2 Å². The molecule has 0 fully saturated rings. The Morgan fingerprint density at radius 2 is 1.95 bits per heavy atom. The van der Waals surface area contributed by atoms with E-state index in [0.717, 1.165) is 18.0 Å². The summed E-state index contributed by atoms with van der Waals surface area (Å²) < 4.78 is 0. The SMILES string of the molecule is CCCCN1C(C)=C(C)S/C1=C/C(=O)CC(C)(C)C. The number of thioether (sulfide) groups is 1. The van der Waals surface area contributed by atoms with Gasteiger partial charge in [0.1, 0.15) is 0 Å². The normalized spacial score (nSPS) is 18.6. The molecule has 0 aromatic carbocycles. The van der Waals surface area contributed by atoms with Crippen LogP contribution in [0.4, 0.5) is 0 Å². The average molecular weight is 281 g/mol. The van der Waals surface area contributed by atoms with Gasteiger partial charge < -0.3 is 4.90 Å². The van der Waals surface area contributed by atoms with Crippen molar-refractivity contribution in [3.63, 3.8) is 0 Å². The zero-order chi connectivity index (χ0) is 14.6. The van der Waals surface area contributed by atoms with Crippen molar-refractivity contribution in [1.82, 2.24) is 4.90 Å². The summed E-state index contributed by atoms with van der Waals surface area (Å²) in [7, 11) is 0. The minimum atomic E-state index is 0.0587. The molecule has 0 bridgehead atoms. The molecule has 0 atom stereocenters. The van der Waals surface area contributed by atoms with Crippen molar-refractivity contribution in [2.24, 2.45) is 5.41 Å². The lowest BCUT2D eigenvalue weighted by molar-refractivity contribution is -0.116. The fourth-order valence-corrected chi connectivity index (χ4v) is 3.15. The second-order valence-corrected chi connectivity index (χ2v) is 7.67. The van der Waals surface area contributed by atoms with E-state index >= 15 is 0 Å². The predicted octanol–water partition coefficient (Wildman–Crippen LogP) is 4.93. The number of rotatable bonds is 5. The van der Waals surface area contributed by atoms with Crippen molar-refractivity contribution >= 4 is 17.5 Å². The molecule has 0 amide bonds. The molecule has 0 saturated carbocycles. The Morgan fingerprint density at radius 3 is 2.47 bits per heavy atom. The average Bonchev–Trinajstić information content (AvgIpc) is 2.49. The Morgan fingerprint density at radius 1 is 1.32 bits per heavy atom. The van der Waals surface area contributed by atoms with Gasteiger partial charge >= 0.3 is 0 Å². The predicted molar refractivity (Wildman–Crippen MR) is 84.7 cm³/mol. The lowest BCUT2D eigenvalue weighted by atomic mass is 9.90. The van der Waals surface area contributed by atoms with E-state index in [1.807, 2.05) is 6.08 Å². The molecular formula is C16H27NOS. The number of carbonyl (C=O) groups excluding carboxylic acids is 1. The van der Waals surface area contributed by atoms with Crippen molar-refractivity contribution in [1.29, 1.82) is 0 Å². The van der Waals surface area contributed by atoms with Crippen molar-refractivity contribution in [2.75, 3.05) is 6.54 Å². The highest BCUT2D eigenvalue weighted by molar-refractivity contribution is 8.06. The van der Waals surface area contributed by atoms with Crippen LogP contribution in [0.5, 0.6) is 0 Å². The minimum absolute atomic E-state index is 0.0587. The number of unbranched alkanes of at least 4 members (excludes halogenated alkanes) is 1. The summed E-state index contributed by atoms with van der Waals surface area (Å²) in [6, 6.07) is 0. The van der Waals surface area contributed by atoms with Crippen LogP contribution >= 0.6 is 11.8 Å². The first kappa shape index (κ1) is 16.4. The van der Waals surface area contributed by atoms with E-state index in [0.29, 0.717) is 6.42 Å². The molecule has 108 valence electrons. The first-order valence-corrected chi connectivity index (χ1v) is 7.93. The van der Waals surface area contributed by atoms with Crippen LogP contribution in [-0.2, 0) is 4.79 Å². The largest absolute Gasteiger partial charge is 0.339 e. The van der Waals surface area contributed by atoms with Gasteiger partial charge in [-0.15, -0.1) is 0 Å². The zero-order valence-electron chi connectivity index (χ0n) is 13.2. The molecule has 3 heteroatoms. The number of ketones is 1. The Labute approximate surface area is 122 Å². The van der Waals surface area contributed by atoms with Gasteiger partial charge in [-0.1, -0.05) is 45.9 Å². The number of carbonyl (C=O) groups is 1. The van der Waals surface area contributed by atoms with Crippen LogP contribution in [0.25, 0.3) is 0 Å². The Hall–Kier alpha value is -0.700. The van der Waals surface area contributed by atoms with Gasteiger partial charge in [0.25, 0.3) is 0 Å². The number of nitrogens with zero attached hydrogens (tertiary/aromatic N) is 1. The van der Waals surface area contributed by atoms with Crippen LogP contribution in [0.2, 0.25) is 0 Å². The summed E-state index contributed by atoms with van der Waals surface area (Å²) >= 11 is 1.73. The molecule has 1 aliphatic heterocycles. The van der Waals surface area contributed by atoms with Crippen LogP contribution in [0.1, 0.15) is 60.8 Å². The van der Waals surface area contributed by atoms with E-state index < -0.39 is 0 Å². The maximum atomic E-state index is 12.1. The van der Waals surface area contributed by atoms with Crippen LogP contribution in [0, 0.1) is 5.41 Å². The molecule has 0 spiro atoms. The van der Waals surface area contributed by atoms with E-state index in [-0.39, 0.29) is 11.2 Å². The van der Waals surface area contributed by atoms with Gasteiger partial charge in [-0.25, -0.2) is 0 Å².